The van der Waals surface area contributed by atoms with Crippen molar-refractivity contribution in [1.29, 1.82) is 0 Å². The fourth-order valence-corrected chi connectivity index (χ4v) is 6.19. The van der Waals surface area contributed by atoms with Gasteiger partial charge in [0.2, 0.25) is 15.9 Å². The van der Waals surface area contributed by atoms with Gasteiger partial charge in [-0.05, 0) is 87.9 Å². The lowest BCUT2D eigenvalue weighted by Crippen LogP contribution is -2.43. The van der Waals surface area contributed by atoms with Crippen molar-refractivity contribution in [3.05, 3.63) is 59.4 Å². The summed E-state index contributed by atoms with van der Waals surface area (Å²) < 4.78 is 46.2. The molecule has 0 spiro atoms. The zero-order valence-corrected chi connectivity index (χ0v) is 20.2. The van der Waals surface area contributed by atoms with Crippen LogP contribution in [0, 0.1) is 19.7 Å². The van der Waals surface area contributed by atoms with Crippen molar-refractivity contribution in [3.8, 4) is 5.75 Å². The summed E-state index contributed by atoms with van der Waals surface area (Å²) in [5.41, 5.74) is 1.76. The fourth-order valence-electron chi connectivity index (χ4n) is 4.72. The lowest BCUT2D eigenvalue weighted by molar-refractivity contribution is -0.115. The summed E-state index contributed by atoms with van der Waals surface area (Å²) >= 11 is 0. The first-order valence-electron chi connectivity index (χ1n) is 11.4. The molecule has 1 amide bonds. The number of sulfonamides is 1. The molecule has 0 saturated carbocycles. The van der Waals surface area contributed by atoms with E-state index in [1.54, 1.807) is 0 Å². The number of benzene rings is 2. The molecule has 33 heavy (non-hydrogen) atoms. The standard InChI is InChI=1S/C25H31FN2O4S/c1-18-5-6-19(2)23(17-18)32-16-4-13-25(3)24(29)28(25)21-11-14-27(15-12-21)33(30,31)22-9-7-20(26)8-10-22/h5-10,17,21H,4,11-16H2,1-3H3. The van der Waals surface area contributed by atoms with Gasteiger partial charge in [-0.3, -0.25) is 4.79 Å². The molecule has 2 saturated heterocycles. The summed E-state index contributed by atoms with van der Waals surface area (Å²) in [4.78, 5) is 14.7. The normalized spacial score (nSPS) is 21.9. The monoisotopic (exact) mass is 474 g/mol. The van der Waals surface area contributed by atoms with Crippen LogP contribution in [0.5, 0.6) is 5.75 Å². The predicted octanol–water partition coefficient (Wildman–Crippen LogP) is 4.06. The number of amides is 1. The zero-order chi connectivity index (χ0) is 23.8. The van der Waals surface area contributed by atoms with Crippen LogP contribution < -0.4 is 4.74 Å². The Morgan fingerprint density at radius 2 is 1.76 bits per heavy atom. The molecular weight excluding hydrogens is 443 g/mol. The van der Waals surface area contributed by atoms with E-state index in [1.807, 2.05) is 37.8 Å². The number of ether oxygens (including phenoxy) is 1. The minimum Gasteiger partial charge on any atom is -0.493 e. The molecule has 178 valence electrons. The fraction of sp³-hybridized carbons (Fsp3) is 0.480. The zero-order valence-electron chi connectivity index (χ0n) is 19.4. The van der Waals surface area contributed by atoms with Gasteiger partial charge >= 0.3 is 0 Å². The topological polar surface area (TPSA) is 66.7 Å². The highest BCUT2D eigenvalue weighted by atomic mass is 32.2. The molecule has 2 heterocycles. The number of rotatable bonds is 8. The molecule has 6 nitrogen and oxygen atoms in total. The van der Waals surface area contributed by atoms with E-state index < -0.39 is 21.4 Å². The molecule has 2 fully saturated rings. The second-order valence-corrected chi connectivity index (χ2v) is 11.2. The molecule has 0 bridgehead atoms. The smallest absolute Gasteiger partial charge is 0.249 e. The van der Waals surface area contributed by atoms with Gasteiger partial charge < -0.3 is 9.64 Å². The Balaban J connectivity index is 1.28. The molecule has 0 radical (unpaired) electrons. The SMILES string of the molecule is Cc1ccc(C)c(OCCCC2(C)C(=O)N2C2CCN(S(=O)(=O)c3ccc(F)cc3)CC2)c1. The lowest BCUT2D eigenvalue weighted by Gasteiger charge is -2.32. The summed E-state index contributed by atoms with van der Waals surface area (Å²) in [6, 6.07) is 11.1. The Bertz CT molecular complexity index is 1130. The molecule has 2 aliphatic heterocycles. The Morgan fingerprint density at radius 3 is 2.42 bits per heavy atom. The van der Waals surface area contributed by atoms with E-state index in [0.29, 0.717) is 39.0 Å². The van der Waals surface area contributed by atoms with Crippen LogP contribution in [0.15, 0.2) is 47.4 Å². The summed E-state index contributed by atoms with van der Waals surface area (Å²) in [6.07, 6.45) is 2.68. The molecule has 8 heteroatoms. The first-order chi connectivity index (χ1) is 15.6. The maximum Gasteiger partial charge on any atom is 0.249 e. The Hall–Kier alpha value is -2.45. The van der Waals surface area contributed by atoms with E-state index in [-0.39, 0.29) is 16.8 Å². The quantitative estimate of drug-likeness (QED) is 0.428. The van der Waals surface area contributed by atoms with Crippen LogP contribution in [-0.4, -0.2) is 54.8 Å². The molecule has 0 aromatic heterocycles. The molecule has 2 aliphatic rings. The average molecular weight is 475 g/mol. The van der Waals surface area contributed by atoms with Crippen molar-refractivity contribution in [2.24, 2.45) is 0 Å². The number of halogens is 1. The second kappa shape index (κ2) is 9.06. The van der Waals surface area contributed by atoms with Crippen LogP contribution in [0.1, 0.15) is 43.7 Å². The van der Waals surface area contributed by atoms with Crippen LogP contribution in [-0.2, 0) is 14.8 Å². The molecule has 1 unspecified atom stereocenters. The van der Waals surface area contributed by atoms with Gasteiger partial charge in [-0.1, -0.05) is 12.1 Å². The van der Waals surface area contributed by atoms with Crippen molar-refractivity contribution in [1.82, 2.24) is 9.21 Å². The van der Waals surface area contributed by atoms with Gasteiger partial charge in [0.1, 0.15) is 17.1 Å². The first kappa shape index (κ1) is 23.7. The third kappa shape index (κ3) is 4.77. The molecule has 4 rings (SSSR count). The van der Waals surface area contributed by atoms with Gasteiger partial charge in [0.25, 0.3) is 0 Å². The summed E-state index contributed by atoms with van der Waals surface area (Å²) in [5.74, 6) is 0.550. The number of carbonyl (C=O) groups is 1. The van der Waals surface area contributed by atoms with Gasteiger partial charge in [-0.2, -0.15) is 4.31 Å². The molecule has 1 atom stereocenters. The lowest BCUT2D eigenvalue weighted by atomic mass is 10.0. The van der Waals surface area contributed by atoms with Crippen molar-refractivity contribution < 1.29 is 22.3 Å². The van der Waals surface area contributed by atoms with Crippen LogP contribution in [0.4, 0.5) is 4.39 Å². The van der Waals surface area contributed by atoms with Crippen molar-refractivity contribution in [2.45, 2.75) is 62.9 Å². The molecule has 2 aromatic carbocycles. The Morgan fingerprint density at radius 1 is 1.09 bits per heavy atom. The Kier molecular flexibility index (Phi) is 6.51. The highest BCUT2D eigenvalue weighted by molar-refractivity contribution is 7.89. The van der Waals surface area contributed by atoms with E-state index in [0.717, 1.165) is 35.4 Å². The Labute approximate surface area is 195 Å². The van der Waals surface area contributed by atoms with Gasteiger partial charge in [0.05, 0.1) is 11.5 Å². The van der Waals surface area contributed by atoms with E-state index in [9.17, 15) is 17.6 Å². The average Bonchev–Trinajstić information content (AvgIpc) is 3.33. The van der Waals surface area contributed by atoms with Gasteiger partial charge in [-0.15, -0.1) is 0 Å². The number of hydrogen-bond acceptors (Lipinski definition) is 4. The number of carbonyl (C=O) groups excluding carboxylic acids is 1. The predicted molar refractivity (Wildman–Crippen MR) is 124 cm³/mol. The summed E-state index contributed by atoms with van der Waals surface area (Å²) in [6.45, 7) is 7.26. The van der Waals surface area contributed by atoms with E-state index in [1.165, 1.54) is 16.4 Å². The van der Waals surface area contributed by atoms with E-state index in [2.05, 4.69) is 6.07 Å². The van der Waals surface area contributed by atoms with Gasteiger partial charge in [-0.25, -0.2) is 12.8 Å². The highest BCUT2D eigenvalue weighted by Crippen LogP contribution is 2.43. The van der Waals surface area contributed by atoms with Crippen LogP contribution in [0.2, 0.25) is 0 Å². The van der Waals surface area contributed by atoms with E-state index in [4.69, 9.17) is 4.74 Å². The van der Waals surface area contributed by atoms with Crippen LogP contribution in [0.25, 0.3) is 0 Å². The third-order valence-electron chi connectivity index (χ3n) is 6.81. The number of nitrogens with zero attached hydrogens (tertiary/aromatic N) is 2. The van der Waals surface area contributed by atoms with Crippen LogP contribution >= 0.6 is 0 Å². The van der Waals surface area contributed by atoms with Crippen molar-refractivity contribution in [2.75, 3.05) is 19.7 Å². The minimum atomic E-state index is -3.65. The van der Waals surface area contributed by atoms with Crippen molar-refractivity contribution >= 4 is 15.9 Å². The van der Waals surface area contributed by atoms with Gasteiger partial charge in [0, 0.05) is 19.1 Å². The second-order valence-electron chi connectivity index (χ2n) is 9.26. The summed E-state index contributed by atoms with van der Waals surface area (Å²) in [7, 11) is -3.65. The molecule has 0 aliphatic carbocycles. The maximum absolute atomic E-state index is 13.2. The number of aryl methyl sites for hydroxylation is 2. The largest absolute Gasteiger partial charge is 0.493 e. The number of piperidine rings is 1. The van der Waals surface area contributed by atoms with Crippen molar-refractivity contribution in [3.63, 3.8) is 0 Å². The summed E-state index contributed by atoms with van der Waals surface area (Å²) in [5, 5.41) is 0. The maximum atomic E-state index is 13.2. The number of hydrogen-bond donors (Lipinski definition) is 0. The minimum absolute atomic E-state index is 0.0436. The van der Waals surface area contributed by atoms with Gasteiger partial charge in [0.15, 0.2) is 0 Å². The molecule has 2 aromatic rings. The first-order valence-corrected chi connectivity index (χ1v) is 12.9. The van der Waals surface area contributed by atoms with E-state index >= 15 is 0 Å². The van der Waals surface area contributed by atoms with Crippen LogP contribution in [0.3, 0.4) is 0 Å². The molecular formula is C25H31FN2O4S. The third-order valence-corrected chi connectivity index (χ3v) is 8.72. The molecule has 0 N–H and O–H groups in total. The highest BCUT2D eigenvalue weighted by Gasteiger charge is 2.60.